The molecule has 0 nitrogen and oxygen atoms in total. The van der Waals surface area contributed by atoms with Crippen LogP contribution in [0.3, 0.4) is 0 Å². The average Bonchev–Trinajstić information content (AvgIpc) is 1.89. The summed E-state index contributed by atoms with van der Waals surface area (Å²) in [6, 6.07) is 0. The number of hydrogen-bond acceptors (Lipinski definition) is 0. The van der Waals surface area contributed by atoms with Crippen LogP contribution >= 0.6 is 11.6 Å². The van der Waals surface area contributed by atoms with Gasteiger partial charge in [0.1, 0.15) is 0 Å². The first-order valence-corrected chi connectivity index (χ1v) is 4.22. The predicted molar refractivity (Wildman–Crippen MR) is 41.6 cm³/mol. The van der Waals surface area contributed by atoms with Crippen molar-refractivity contribution in [1.29, 1.82) is 0 Å². The summed E-state index contributed by atoms with van der Waals surface area (Å²) >= 11 is 6.05. The highest BCUT2D eigenvalue weighted by Crippen LogP contribution is 2.29. The first-order chi connectivity index (χ1) is 4.34. The van der Waals surface area contributed by atoms with Crippen LogP contribution in [-0.2, 0) is 0 Å². The van der Waals surface area contributed by atoms with E-state index in [9.17, 15) is 0 Å². The molecular formula is C8H14Cl. The van der Waals surface area contributed by atoms with E-state index in [-0.39, 0.29) is 0 Å². The summed E-state index contributed by atoms with van der Waals surface area (Å²) < 4.78 is 0. The molecule has 53 valence electrons. The second-order valence-corrected chi connectivity index (χ2v) is 3.36. The van der Waals surface area contributed by atoms with Gasteiger partial charge in [0.15, 0.2) is 0 Å². The topological polar surface area (TPSA) is 0 Å². The van der Waals surface area contributed by atoms with Crippen molar-refractivity contribution in [2.45, 2.75) is 38.0 Å². The van der Waals surface area contributed by atoms with Crippen LogP contribution in [0.5, 0.6) is 0 Å². The number of rotatable bonds is 1. The van der Waals surface area contributed by atoms with E-state index in [0.717, 1.165) is 0 Å². The van der Waals surface area contributed by atoms with Crippen molar-refractivity contribution in [2.24, 2.45) is 5.92 Å². The summed E-state index contributed by atoms with van der Waals surface area (Å²) in [7, 11) is 0. The lowest BCUT2D eigenvalue weighted by Gasteiger charge is -2.25. The standard InChI is InChI=1S/C8H14Cl/c1-2-7-5-3-4-6-8(7)9/h2,7-8H,3-6H2,1H3. The van der Waals surface area contributed by atoms with E-state index in [1.807, 2.05) is 0 Å². The lowest BCUT2D eigenvalue weighted by molar-refractivity contribution is 0.406. The molecule has 0 aromatic rings. The minimum atomic E-state index is 0.434. The molecule has 0 bridgehead atoms. The molecule has 0 aromatic carbocycles. The zero-order valence-corrected chi connectivity index (χ0v) is 6.69. The Kier molecular flexibility index (Phi) is 2.84. The van der Waals surface area contributed by atoms with Gasteiger partial charge in [-0.15, -0.1) is 11.6 Å². The van der Waals surface area contributed by atoms with E-state index in [2.05, 4.69) is 13.3 Å². The molecule has 2 unspecified atom stereocenters. The largest absolute Gasteiger partial charge is 0.123 e. The molecule has 0 aromatic heterocycles. The monoisotopic (exact) mass is 145 g/mol. The molecule has 1 heteroatoms. The molecule has 0 amide bonds. The molecule has 1 aliphatic rings. The van der Waals surface area contributed by atoms with Crippen LogP contribution in [0.4, 0.5) is 0 Å². The number of hydrogen-bond donors (Lipinski definition) is 0. The van der Waals surface area contributed by atoms with E-state index >= 15 is 0 Å². The fourth-order valence-electron chi connectivity index (χ4n) is 1.49. The van der Waals surface area contributed by atoms with Gasteiger partial charge in [-0.1, -0.05) is 19.8 Å². The van der Waals surface area contributed by atoms with Gasteiger partial charge in [0.25, 0.3) is 0 Å². The summed E-state index contributed by atoms with van der Waals surface area (Å²) in [4.78, 5) is 0. The maximum Gasteiger partial charge on any atom is 0.0366 e. The van der Waals surface area contributed by atoms with Gasteiger partial charge in [-0.05, 0) is 25.2 Å². The third-order valence-corrected chi connectivity index (χ3v) is 2.70. The SMILES string of the molecule is C[CH]C1CCCCC1Cl. The van der Waals surface area contributed by atoms with E-state index < -0.39 is 0 Å². The number of alkyl halides is 1. The average molecular weight is 146 g/mol. The molecule has 1 saturated carbocycles. The van der Waals surface area contributed by atoms with Gasteiger partial charge in [-0.2, -0.15) is 0 Å². The van der Waals surface area contributed by atoms with Gasteiger partial charge < -0.3 is 0 Å². The summed E-state index contributed by atoms with van der Waals surface area (Å²) in [5, 5.41) is 0.434. The van der Waals surface area contributed by atoms with Crippen molar-refractivity contribution in [3.05, 3.63) is 6.42 Å². The Bertz CT molecular complexity index is 80.6. The smallest absolute Gasteiger partial charge is 0.0366 e. The normalized spacial score (nSPS) is 36.7. The Balaban J connectivity index is 2.30. The van der Waals surface area contributed by atoms with Crippen LogP contribution in [0.15, 0.2) is 0 Å². The van der Waals surface area contributed by atoms with E-state index in [4.69, 9.17) is 11.6 Å². The minimum absolute atomic E-state index is 0.434. The maximum absolute atomic E-state index is 6.05. The van der Waals surface area contributed by atoms with Crippen LogP contribution < -0.4 is 0 Å². The Morgan fingerprint density at radius 2 is 2.00 bits per heavy atom. The molecule has 0 spiro atoms. The van der Waals surface area contributed by atoms with Gasteiger partial charge in [0.05, 0.1) is 0 Å². The molecule has 0 saturated heterocycles. The van der Waals surface area contributed by atoms with Crippen molar-refractivity contribution in [3.63, 3.8) is 0 Å². The highest BCUT2D eigenvalue weighted by atomic mass is 35.5. The number of halogens is 1. The Morgan fingerprint density at radius 1 is 1.33 bits per heavy atom. The van der Waals surface area contributed by atoms with Crippen LogP contribution in [-0.4, -0.2) is 5.38 Å². The van der Waals surface area contributed by atoms with Gasteiger partial charge in [0.2, 0.25) is 0 Å². The Labute approximate surface area is 62.6 Å². The highest BCUT2D eigenvalue weighted by Gasteiger charge is 2.20. The van der Waals surface area contributed by atoms with Crippen LogP contribution in [0, 0.1) is 12.3 Å². The third-order valence-electron chi connectivity index (χ3n) is 2.16. The van der Waals surface area contributed by atoms with Crippen LogP contribution in [0.25, 0.3) is 0 Å². The lowest BCUT2D eigenvalue weighted by atomic mass is 9.87. The summed E-state index contributed by atoms with van der Waals surface area (Å²) in [6.45, 7) is 2.12. The summed E-state index contributed by atoms with van der Waals surface area (Å²) in [6.07, 6.45) is 7.48. The van der Waals surface area contributed by atoms with Crippen molar-refractivity contribution in [3.8, 4) is 0 Å². The summed E-state index contributed by atoms with van der Waals surface area (Å²) in [5.74, 6) is 0.695. The molecule has 0 aliphatic heterocycles. The maximum atomic E-state index is 6.05. The Morgan fingerprint density at radius 3 is 2.44 bits per heavy atom. The highest BCUT2D eigenvalue weighted by molar-refractivity contribution is 6.20. The molecule has 9 heavy (non-hydrogen) atoms. The van der Waals surface area contributed by atoms with Gasteiger partial charge in [-0.25, -0.2) is 0 Å². The molecule has 1 aliphatic carbocycles. The Hall–Kier alpha value is 0.290. The molecule has 1 radical (unpaired) electrons. The van der Waals surface area contributed by atoms with Crippen LogP contribution in [0.1, 0.15) is 32.6 Å². The van der Waals surface area contributed by atoms with Crippen molar-refractivity contribution in [1.82, 2.24) is 0 Å². The molecular weight excluding hydrogens is 132 g/mol. The van der Waals surface area contributed by atoms with E-state index in [1.54, 1.807) is 0 Å². The molecule has 0 N–H and O–H groups in total. The van der Waals surface area contributed by atoms with Gasteiger partial charge in [0, 0.05) is 5.38 Å². The first-order valence-electron chi connectivity index (χ1n) is 3.78. The van der Waals surface area contributed by atoms with Crippen molar-refractivity contribution in [2.75, 3.05) is 0 Å². The van der Waals surface area contributed by atoms with Crippen molar-refractivity contribution >= 4 is 11.6 Å². The van der Waals surface area contributed by atoms with E-state index in [0.29, 0.717) is 11.3 Å². The predicted octanol–water partition coefficient (Wildman–Crippen LogP) is 3.01. The second-order valence-electron chi connectivity index (χ2n) is 2.80. The molecule has 1 rings (SSSR count). The van der Waals surface area contributed by atoms with Gasteiger partial charge in [-0.3, -0.25) is 0 Å². The zero-order valence-electron chi connectivity index (χ0n) is 5.94. The van der Waals surface area contributed by atoms with Crippen molar-refractivity contribution < 1.29 is 0 Å². The van der Waals surface area contributed by atoms with E-state index in [1.165, 1.54) is 25.7 Å². The first kappa shape index (κ1) is 7.40. The van der Waals surface area contributed by atoms with Crippen LogP contribution in [0.2, 0.25) is 0 Å². The fourth-order valence-corrected chi connectivity index (χ4v) is 1.92. The second kappa shape index (κ2) is 3.46. The molecule has 0 heterocycles. The van der Waals surface area contributed by atoms with Gasteiger partial charge >= 0.3 is 0 Å². The summed E-state index contributed by atoms with van der Waals surface area (Å²) in [5.41, 5.74) is 0. The zero-order chi connectivity index (χ0) is 6.69. The minimum Gasteiger partial charge on any atom is -0.123 e. The molecule has 1 fully saturated rings. The third kappa shape index (κ3) is 1.86. The quantitative estimate of drug-likeness (QED) is 0.498. The lowest BCUT2D eigenvalue weighted by Crippen LogP contribution is -2.18. The molecule has 2 atom stereocenters. The fraction of sp³-hybridized carbons (Fsp3) is 0.875.